The van der Waals surface area contributed by atoms with Gasteiger partial charge in [0.2, 0.25) is 0 Å². The maximum atomic E-state index is 12.9. The number of ether oxygens (including phenoxy) is 1. The van der Waals surface area contributed by atoms with Gasteiger partial charge in [-0.15, -0.1) is 0 Å². The van der Waals surface area contributed by atoms with Crippen LogP contribution in [0.25, 0.3) is 5.82 Å². The number of amides is 2. The second kappa shape index (κ2) is 10.2. The number of carbonyl (C=O) groups is 2. The number of likely N-dealkylation sites (tertiary alicyclic amines) is 1. The van der Waals surface area contributed by atoms with Gasteiger partial charge in [0.05, 0.1) is 5.69 Å². The Balaban J connectivity index is 1.55. The molecule has 0 atom stereocenters. The zero-order valence-electron chi connectivity index (χ0n) is 20.3. The molecule has 4 rings (SSSR count). The van der Waals surface area contributed by atoms with Crippen LogP contribution in [0.15, 0.2) is 47.2 Å². The van der Waals surface area contributed by atoms with Crippen molar-refractivity contribution in [3.8, 4) is 5.82 Å². The maximum Gasteiger partial charge on any atom is 0.410 e. The number of hydrogen-bond acceptors (Lipinski definition) is 6. The van der Waals surface area contributed by atoms with Gasteiger partial charge in [-0.05, 0) is 80.2 Å². The minimum Gasteiger partial charge on any atom is -0.444 e. The average molecular weight is 541 g/mol. The first kappa shape index (κ1) is 24.8. The minimum absolute atomic E-state index is 0.139. The molecule has 10 heteroatoms. The van der Waals surface area contributed by atoms with Crippen LogP contribution in [0.1, 0.15) is 61.3 Å². The molecule has 9 nitrogen and oxygen atoms in total. The number of piperidine rings is 1. The molecule has 0 saturated carbocycles. The molecule has 4 heterocycles. The molecule has 1 aliphatic heterocycles. The van der Waals surface area contributed by atoms with Crippen LogP contribution in [-0.2, 0) is 4.74 Å². The monoisotopic (exact) mass is 540 g/mol. The van der Waals surface area contributed by atoms with Crippen LogP contribution in [0, 0.1) is 6.92 Å². The molecule has 0 spiro atoms. The smallest absolute Gasteiger partial charge is 0.410 e. The summed E-state index contributed by atoms with van der Waals surface area (Å²) in [5.41, 5.74) is 1.63. The quantitative estimate of drug-likeness (QED) is 0.461. The molecule has 0 unspecified atom stereocenters. The maximum absolute atomic E-state index is 12.9. The fraction of sp³-hybridized carbons (Fsp3) is 0.400. The number of pyridine rings is 2. The van der Waals surface area contributed by atoms with Gasteiger partial charge >= 0.3 is 6.09 Å². The third-order valence-corrected chi connectivity index (χ3v) is 6.04. The summed E-state index contributed by atoms with van der Waals surface area (Å²) in [6, 6.07) is 10.9. The predicted octanol–water partition coefficient (Wildman–Crippen LogP) is 5.10. The molecule has 184 valence electrons. The van der Waals surface area contributed by atoms with E-state index < -0.39 is 5.60 Å². The highest BCUT2D eigenvalue weighted by Gasteiger charge is 2.29. The minimum atomic E-state index is -0.524. The first-order valence-corrected chi connectivity index (χ1v) is 12.3. The average Bonchev–Trinajstić information content (AvgIpc) is 3.22. The molecule has 1 saturated heterocycles. The standard InChI is InChI=1S/C25H29BrN6O3/c1-16-8-9-21(27-15-16)32-22(29-23(33)18-6-5-7-20(26)28-18)14-19(30-32)17-10-12-31(13-11-17)24(34)35-25(2,3)4/h5-9,14-15,17H,10-13H2,1-4H3,(H,29,33). The van der Waals surface area contributed by atoms with Gasteiger partial charge in [0.25, 0.3) is 5.91 Å². The van der Waals surface area contributed by atoms with E-state index in [0.717, 1.165) is 24.1 Å². The normalized spacial score (nSPS) is 14.6. The van der Waals surface area contributed by atoms with Crippen LogP contribution >= 0.6 is 15.9 Å². The molecular weight excluding hydrogens is 512 g/mol. The molecule has 1 aliphatic rings. The lowest BCUT2D eigenvalue weighted by Crippen LogP contribution is -2.41. The summed E-state index contributed by atoms with van der Waals surface area (Å²) in [4.78, 5) is 35.8. The van der Waals surface area contributed by atoms with Gasteiger partial charge in [-0.1, -0.05) is 12.1 Å². The molecule has 2 amide bonds. The van der Waals surface area contributed by atoms with Crippen LogP contribution in [0.2, 0.25) is 0 Å². The molecule has 0 aliphatic carbocycles. The highest BCUT2D eigenvalue weighted by molar-refractivity contribution is 9.10. The Morgan fingerprint density at radius 1 is 1.14 bits per heavy atom. The fourth-order valence-corrected chi connectivity index (χ4v) is 4.19. The number of hydrogen-bond donors (Lipinski definition) is 1. The Bertz CT molecular complexity index is 1210. The van der Waals surface area contributed by atoms with Gasteiger partial charge in [-0.3, -0.25) is 4.79 Å². The second-order valence-corrected chi connectivity index (χ2v) is 10.4. The van der Waals surface area contributed by atoms with Crippen LogP contribution < -0.4 is 5.32 Å². The Morgan fingerprint density at radius 2 is 1.89 bits per heavy atom. The number of carbonyl (C=O) groups excluding carboxylic acids is 2. The van der Waals surface area contributed by atoms with Gasteiger partial charge in [0, 0.05) is 31.3 Å². The first-order chi connectivity index (χ1) is 16.6. The molecule has 1 N–H and O–H groups in total. The second-order valence-electron chi connectivity index (χ2n) is 9.60. The lowest BCUT2D eigenvalue weighted by atomic mass is 9.94. The van der Waals surface area contributed by atoms with Crippen molar-refractivity contribution in [3.63, 3.8) is 0 Å². The predicted molar refractivity (Wildman–Crippen MR) is 136 cm³/mol. The van der Waals surface area contributed by atoms with Gasteiger partial charge in [-0.2, -0.15) is 9.78 Å². The van der Waals surface area contributed by atoms with Crippen molar-refractivity contribution in [2.24, 2.45) is 0 Å². The topological polar surface area (TPSA) is 102 Å². The Labute approximate surface area is 213 Å². The Kier molecular flexibility index (Phi) is 7.20. The van der Waals surface area contributed by atoms with E-state index in [9.17, 15) is 9.59 Å². The van der Waals surface area contributed by atoms with E-state index in [2.05, 4.69) is 31.2 Å². The third-order valence-electron chi connectivity index (χ3n) is 5.60. The highest BCUT2D eigenvalue weighted by atomic mass is 79.9. The molecule has 1 fully saturated rings. The number of aryl methyl sites for hydroxylation is 1. The summed E-state index contributed by atoms with van der Waals surface area (Å²) in [7, 11) is 0. The summed E-state index contributed by atoms with van der Waals surface area (Å²) in [6.45, 7) is 8.72. The number of halogens is 1. The third kappa shape index (κ3) is 6.25. The Hall–Kier alpha value is -3.27. The van der Waals surface area contributed by atoms with Crippen LogP contribution in [0.3, 0.4) is 0 Å². The van der Waals surface area contributed by atoms with Crippen LogP contribution in [-0.4, -0.2) is 55.3 Å². The van der Waals surface area contributed by atoms with E-state index in [1.807, 2.05) is 45.9 Å². The van der Waals surface area contributed by atoms with Crippen molar-refractivity contribution in [3.05, 3.63) is 64.1 Å². The van der Waals surface area contributed by atoms with Gasteiger partial charge in [-0.25, -0.2) is 14.8 Å². The number of anilines is 1. The van der Waals surface area contributed by atoms with Crippen LogP contribution in [0.4, 0.5) is 10.6 Å². The molecule has 0 radical (unpaired) electrons. The number of aromatic nitrogens is 4. The number of rotatable bonds is 4. The van der Waals surface area contributed by atoms with E-state index in [0.29, 0.717) is 29.3 Å². The van der Waals surface area contributed by atoms with E-state index in [1.165, 1.54) is 0 Å². The van der Waals surface area contributed by atoms with Crippen molar-refractivity contribution in [2.45, 2.75) is 52.1 Å². The van der Waals surface area contributed by atoms with E-state index in [1.54, 1.807) is 34.0 Å². The highest BCUT2D eigenvalue weighted by Crippen LogP contribution is 2.31. The fourth-order valence-electron chi connectivity index (χ4n) is 3.85. The summed E-state index contributed by atoms with van der Waals surface area (Å²) >= 11 is 3.31. The largest absolute Gasteiger partial charge is 0.444 e. The summed E-state index contributed by atoms with van der Waals surface area (Å²) in [6.07, 6.45) is 2.97. The Morgan fingerprint density at radius 3 is 2.51 bits per heavy atom. The van der Waals surface area contributed by atoms with Crippen LogP contribution in [0.5, 0.6) is 0 Å². The van der Waals surface area contributed by atoms with Crippen molar-refractivity contribution in [1.29, 1.82) is 0 Å². The van der Waals surface area contributed by atoms with Crippen molar-refractivity contribution in [1.82, 2.24) is 24.6 Å². The molecule has 3 aromatic rings. The first-order valence-electron chi connectivity index (χ1n) is 11.5. The summed E-state index contributed by atoms with van der Waals surface area (Å²) in [5.74, 6) is 0.911. The van der Waals surface area contributed by atoms with Gasteiger partial charge in [0.15, 0.2) is 5.82 Å². The van der Waals surface area contributed by atoms with Gasteiger partial charge < -0.3 is 15.0 Å². The number of nitrogens with one attached hydrogen (secondary N) is 1. The SMILES string of the molecule is Cc1ccc(-n2nc(C3CCN(C(=O)OC(C)(C)C)CC3)cc2NC(=O)c2cccc(Br)n2)nc1. The lowest BCUT2D eigenvalue weighted by molar-refractivity contribution is 0.0204. The molecule has 3 aromatic heterocycles. The van der Waals surface area contributed by atoms with E-state index in [-0.39, 0.29) is 23.6 Å². The molecule has 0 aromatic carbocycles. The summed E-state index contributed by atoms with van der Waals surface area (Å²) < 4.78 is 7.73. The van der Waals surface area contributed by atoms with Crippen molar-refractivity contribution in [2.75, 3.05) is 18.4 Å². The lowest BCUT2D eigenvalue weighted by Gasteiger charge is -2.32. The number of nitrogens with zero attached hydrogens (tertiary/aromatic N) is 5. The molecule has 0 bridgehead atoms. The zero-order valence-corrected chi connectivity index (χ0v) is 21.9. The van der Waals surface area contributed by atoms with Crippen molar-refractivity contribution >= 4 is 33.7 Å². The molecule has 35 heavy (non-hydrogen) atoms. The molecular formula is C25H29BrN6O3. The van der Waals surface area contributed by atoms with Gasteiger partial charge in [0.1, 0.15) is 21.7 Å². The van der Waals surface area contributed by atoms with E-state index >= 15 is 0 Å². The van der Waals surface area contributed by atoms with Crippen molar-refractivity contribution < 1.29 is 14.3 Å². The summed E-state index contributed by atoms with van der Waals surface area (Å²) in [5, 5.41) is 7.74. The van der Waals surface area contributed by atoms with E-state index in [4.69, 9.17) is 9.84 Å². The zero-order chi connectivity index (χ0) is 25.2.